The van der Waals surface area contributed by atoms with E-state index in [0.29, 0.717) is 37.5 Å². The van der Waals surface area contributed by atoms with Crippen LogP contribution in [0.1, 0.15) is 38.4 Å². The summed E-state index contributed by atoms with van der Waals surface area (Å²) in [6.07, 6.45) is 9.83. The van der Waals surface area contributed by atoms with Crippen molar-refractivity contribution in [3.8, 4) is 6.07 Å². The molecule has 0 amide bonds. The van der Waals surface area contributed by atoms with Crippen molar-refractivity contribution < 1.29 is 4.39 Å². The van der Waals surface area contributed by atoms with Crippen molar-refractivity contribution >= 4 is 17.9 Å². The lowest BCUT2D eigenvalue weighted by molar-refractivity contribution is 0.572. The first-order chi connectivity index (χ1) is 13.2. The molecule has 3 aliphatic heterocycles. The molecule has 0 saturated heterocycles. The summed E-state index contributed by atoms with van der Waals surface area (Å²) in [7, 11) is 0. The van der Waals surface area contributed by atoms with E-state index in [1.54, 1.807) is 12.5 Å². The Kier molecular flexibility index (Phi) is 4.67. The molecule has 1 unspecified atom stereocenters. The molecular formula is C19H20FN7. The highest BCUT2D eigenvalue weighted by molar-refractivity contribution is 6.08. The van der Waals surface area contributed by atoms with Gasteiger partial charge in [-0.1, -0.05) is 13.3 Å². The fourth-order valence-electron chi connectivity index (χ4n) is 3.54. The van der Waals surface area contributed by atoms with Gasteiger partial charge in [0.25, 0.3) is 0 Å². The fourth-order valence-corrected chi connectivity index (χ4v) is 3.54. The van der Waals surface area contributed by atoms with Crippen LogP contribution in [0.15, 0.2) is 50.7 Å². The van der Waals surface area contributed by atoms with Crippen LogP contribution in [-0.2, 0) is 6.54 Å². The third kappa shape index (κ3) is 3.21. The number of nitrogens with zero attached hydrogens (tertiary/aromatic N) is 7. The van der Waals surface area contributed by atoms with Gasteiger partial charge in [0, 0.05) is 18.0 Å². The molecule has 27 heavy (non-hydrogen) atoms. The second kappa shape index (κ2) is 7.27. The van der Waals surface area contributed by atoms with Gasteiger partial charge < -0.3 is 4.57 Å². The first kappa shape index (κ1) is 17.3. The molecule has 138 valence electrons. The van der Waals surface area contributed by atoms with Crippen LogP contribution >= 0.6 is 0 Å². The number of hydrogen-bond acceptors (Lipinski definition) is 6. The average molecular weight is 365 g/mol. The molecule has 1 aromatic rings. The first-order valence-electron chi connectivity index (χ1n) is 9.15. The zero-order chi connectivity index (χ0) is 18.8. The molecule has 7 nitrogen and oxygen atoms in total. The number of rotatable bonds is 5. The topological polar surface area (TPSA) is 81.9 Å². The van der Waals surface area contributed by atoms with Gasteiger partial charge in [-0.05, 0) is 25.3 Å². The van der Waals surface area contributed by atoms with E-state index in [1.807, 2.05) is 15.7 Å². The molecule has 1 atom stereocenters. The molecule has 0 bridgehead atoms. The van der Waals surface area contributed by atoms with E-state index in [0.717, 1.165) is 29.9 Å². The van der Waals surface area contributed by atoms with Gasteiger partial charge in [0.1, 0.15) is 11.9 Å². The highest BCUT2D eigenvalue weighted by atomic mass is 19.1. The summed E-state index contributed by atoms with van der Waals surface area (Å²) >= 11 is 0. The Bertz CT molecular complexity index is 942. The zero-order valence-electron chi connectivity index (χ0n) is 15.1. The number of nitriles is 1. The van der Waals surface area contributed by atoms with Crippen LogP contribution in [0, 0.1) is 11.3 Å². The van der Waals surface area contributed by atoms with Gasteiger partial charge in [0.2, 0.25) is 5.95 Å². The van der Waals surface area contributed by atoms with Gasteiger partial charge in [0.15, 0.2) is 5.82 Å². The van der Waals surface area contributed by atoms with Crippen molar-refractivity contribution in [3.05, 3.63) is 41.5 Å². The van der Waals surface area contributed by atoms with E-state index < -0.39 is 5.95 Å². The first-order valence-corrected chi connectivity index (χ1v) is 9.15. The number of aliphatic imine (C=N–C) groups is 3. The fraction of sp³-hybridized carbons (Fsp3) is 0.421. The van der Waals surface area contributed by atoms with Crippen LogP contribution in [0.3, 0.4) is 0 Å². The number of halogens is 1. The van der Waals surface area contributed by atoms with Crippen LogP contribution in [0.25, 0.3) is 0 Å². The highest BCUT2D eigenvalue weighted by Gasteiger charge is 2.32. The number of aromatic nitrogens is 2. The minimum atomic E-state index is -0.453. The number of fused-ring (bicyclic) bond motifs is 1. The summed E-state index contributed by atoms with van der Waals surface area (Å²) < 4.78 is 15.5. The Morgan fingerprint density at radius 1 is 1.41 bits per heavy atom. The van der Waals surface area contributed by atoms with Crippen molar-refractivity contribution in [2.45, 2.75) is 45.2 Å². The number of allylic oxidation sites excluding steroid dienone is 2. The zero-order valence-corrected chi connectivity index (χ0v) is 15.1. The summed E-state index contributed by atoms with van der Waals surface area (Å²) in [6, 6.07) is 1.98. The van der Waals surface area contributed by atoms with Crippen LogP contribution in [0.2, 0.25) is 0 Å². The van der Waals surface area contributed by atoms with Gasteiger partial charge in [-0.3, -0.25) is 9.89 Å². The Hall–Kier alpha value is -3.08. The highest BCUT2D eigenvalue weighted by Crippen LogP contribution is 2.27. The summed E-state index contributed by atoms with van der Waals surface area (Å²) in [5.74, 6) is 1.06. The Labute approximate surface area is 157 Å². The average Bonchev–Trinajstić information content (AvgIpc) is 3.30. The molecule has 4 heterocycles. The molecule has 4 rings (SSSR count). The predicted octanol–water partition coefficient (Wildman–Crippen LogP) is 2.98. The van der Waals surface area contributed by atoms with E-state index in [4.69, 9.17) is 0 Å². The standard InChI is InChI=1S/C19H20FN7/c1-2-4-14-16(24-12-27-13(9-21)10-23-18(14)27)11-26-8-7-22-19(26)15-5-3-6-17(20)25-15/h6-8,12-13H,2-5,10-11H2,1H3. The van der Waals surface area contributed by atoms with Crippen LogP contribution < -0.4 is 0 Å². The molecule has 0 radical (unpaired) electrons. The maximum atomic E-state index is 13.6. The van der Waals surface area contributed by atoms with Crippen LogP contribution in [0.4, 0.5) is 4.39 Å². The molecule has 0 saturated carbocycles. The largest absolute Gasteiger partial charge is 0.324 e. The monoisotopic (exact) mass is 365 g/mol. The van der Waals surface area contributed by atoms with Crippen LogP contribution in [0.5, 0.6) is 0 Å². The van der Waals surface area contributed by atoms with Crippen molar-refractivity contribution in [1.29, 1.82) is 5.26 Å². The summed E-state index contributed by atoms with van der Waals surface area (Å²) in [6.45, 7) is 3.09. The smallest absolute Gasteiger partial charge is 0.209 e. The number of imidazole rings is 1. The molecule has 8 heteroatoms. The predicted molar refractivity (Wildman–Crippen MR) is 101 cm³/mol. The summed E-state index contributed by atoms with van der Waals surface area (Å²) in [4.78, 5) is 19.4. The molecule has 3 aliphatic rings. The number of amidine groups is 1. The van der Waals surface area contributed by atoms with Gasteiger partial charge >= 0.3 is 0 Å². The van der Waals surface area contributed by atoms with Crippen molar-refractivity contribution in [2.75, 3.05) is 6.54 Å². The lowest BCUT2D eigenvalue weighted by Crippen LogP contribution is -2.38. The lowest BCUT2D eigenvalue weighted by atomic mass is 10.0. The summed E-state index contributed by atoms with van der Waals surface area (Å²) in [5, 5.41) is 9.29. The maximum absolute atomic E-state index is 13.6. The van der Waals surface area contributed by atoms with Crippen molar-refractivity contribution in [2.24, 2.45) is 15.0 Å². The Morgan fingerprint density at radius 2 is 2.30 bits per heavy atom. The van der Waals surface area contributed by atoms with E-state index in [9.17, 15) is 9.65 Å². The Morgan fingerprint density at radius 3 is 3.07 bits per heavy atom. The molecule has 0 aromatic carbocycles. The molecule has 0 fully saturated rings. The minimum Gasteiger partial charge on any atom is -0.324 e. The second-order valence-corrected chi connectivity index (χ2v) is 6.64. The second-order valence-electron chi connectivity index (χ2n) is 6.64. The molecule has 0 spiro atoms. The van der Waals surface area contributed by atoms with Crippen molar-refractivity contribution in [1.82, 2.24) is 14.5 Å². The minimum absolute atomic E-state index is 0.285. The van der Waals surface area contributed by atoms with E-state index in [1.165, 1.54) is 6.08 Å². The Balaban J connectivity index is 1.66. The van der Waals surface area contributed by atoms with Crippen LogP contribution in [-0.4, -0.2) is 44.9 Å². The molecule has 0 N–H and O–H groups in total. The molecule has 1 aromatic heterocycles. The maximum Gasteiger partial charge on any atom is 0.209 e. The molecule has 0 aliphatic carbocycles. The van der Waals surface area contributed by atoms with Gasteiger partial charge in [-0.2, -0.15) is 9.65 Å². The van der Waals surface area contributed by atoms with E-state index >= 15 is 0 Å². The van der Waals surface area contributed by atoms with E-state index in [2.05, 4.69) is 33.0 Å². The summed E-state index contributed by atoms with van der Waals surface area (Å²) in [5.41, 5.74) is 2.62. The third-order valence-corrected chi connectivity index (χ3v) is 4.83. The normalized spacial score (nSPS) is 21.6. The SMILES string of the molecule is CCCC1=C(Cn2ccnc2C2=NC(F)=CCC2)N=CN2C1=NCC2C#N. The van der Waals surface area contributed by atoms with Gasteiger partial charge in [0.05, 0.1) is 36.9 Å². The van der Waals surface area contributed by atoms with Gasteiger partial charge in [-0.25, -0.2) is 15.0 Å². The van der Waals surface area contributed by atoms with Gasteiger partial charge in [-0.15, -0.1) is 0 Å². The lowest BCUT2D eigenvalue weighted by Gasteiger charge is -2.26. The van der Waals surface area contributed by atoms with Crippen molar-refractivity contribution in [3.63, 3.8) is 0 Å². The third-order valence-electron chi connectivity index (χ3n) is 4.83. The van der Waals surface area contributed by atoms with E-state index in [-0.39, 0.29) is 6.04 Å². The number of hydrogen-bond donors (Lipinski definition) is 0. The molecular weight excluding hydrogens is 345 g/mol. The quantitative estimate of drug-likeness (QED) is 0.752.